The minimum atomic E-state index is 0.265. The molecule has 1 heterocycles. The van der Waals surface area contributed by atoms with Crippen LogP contribution < -0.4 is 5.32 Å². The Morgan fingerprint density at radius 1 is 1.38 bits per heavy atom. The highest BCUT2D eigenvalue weighted by atomic mass is 16.2. The molecule has 0 bridgehead atoms. The van der Waals surface area contributed by atoms with Gasteiger partial charge in [-0.05, 0) is 25.8 Å². The van der Waals surface area contributed by atoms with Crippen molar-refractivity contribution in [3.8, 4) is 0 Å². The number of carbonyl (C=O) groups is 1. The van der Waals surface area contributed by atoms with Crippen molar-refractivity contribution in [2.45, 2.75) is 44.6 Å². The van der Waals surface area contributed by atoms with Crippen molar-refractivity contribution in [2.24, 2.45) is 0 Å². The standard InChI is InChI=1S/C12H24N2O2/c1-14-10-11(6-7-12(14)16)13-8-4-2-3-5-9-15/h11,13,15H,2-10H2,1H3. The van der Waals surface area contributed by atoms with Crippen molar-refractivity contribution in [2.75, 3.05) is 26.7 Å². The second-order valence-electron chi connectivity index (χ2n) is 4.60. The van der Waals surface area contributed by atoms with Crippen molar-refractivity contribution in [3.63, 3.8) is 0 Å². The van der Waals surface area contributed by atoms with Gasteiger partial charge in [0.15, 0.2) is 0 Å². The lowest BCUT2D eigenvalue weighted by atomic mass is 10.1. The number of nitrogens with zero attached hydrogens (tertiary/aromatic N) is 1. The molecule has 1 fully saturated rings. The van der Waals surface area contributed by atoms with Gasteiger partial charge in [-0.15, -0.1) is 0 Å². The van der Waals surface area contributed by atoms with Gasteiger partial charge in [-0.3, -0.25) is 4.79 Å². The van der Waals surface area contributed by atoms with Crippen LogP contribution in [0.4, 0.5) is 0 Å². The molecule has 4 heteroatoms. The number of nitrogens with one attached hydrogen (secondary N) is 1. The van der Waals surface area contributed by atoms with Gasteiger partial charge in [0.2, 0.25) is 5.91 Å². The zero-order valence-corrected chi connectivity index (χ0v) is 10.2. The van der Waals surface area contributed by atoms with Gasteiger partial charge in [0, 0.05) is 32.7 Å². The first-order valence-corrected chi connectivity index (χ1v) is 6.32. The number of likely N-dealkylation sites (N-methyl/N-ethyl adjacent to an activating group) is 1. The lowest BCUT2D eigenvalue weighted by molar-refractivity contribution is -0.132. The average Bonchev–Trinajstić information content (AvgIpc) is 2.28. The molecule has 0 radical (unpaired) electrons. The smallest absolute Gasteiger partial charge is 0.222 e. The molecule has 0 aromatic heterocycles. The van der Waals surface area contributed by atoms with Gasteiger partial charge in [0.25, 0.3) is 0 Å². The monoisotopic (exact) mass is 228 g/mol. The summed E-state index contributed by atoms with van der Waals surface area (Å²) in [4.78, 5) is 13.1. The molecule has 4 nitrogen and oxygen atoms in total. The fourth-order valence-corrected chi connectivity index (χ4v) is 2.08. The predicted octanol–water partition coefficient (Wildman–Crippen LogP) is 0.749. The average molecular weight is 228 g/mol. The number of carbonyl (C=O) groups excluding carboxylic acids is 1. The number of piperidine rings is 1. The first kappa shape index (κ1) is 13.5. The van der Waals surface area contributed by atoms with Crippen LogP contribution in [0, 0.1) is 0 Å². The van der Waals surface area contributed by atoms with E-state index in [4.69, 9.17) is 5.11 Å². The van der Waals surface area contributed by atoms with E-state index in [1.807, 2.05) is 11.9 Å². The Labute approximate surface area is 98.0 Å². The third kappa shape index (κ3) is 4.94. The molecule has 0 aromatic carbocycles. The molecule has 94 valence electrons. The van der Waals surface area contributed by atoms with E-state index in [2.05, 4.69) is 5.32 Å². The summed E-state index contributed by atoms with van der Waals surface area (Å²) in [6.07, 6.45) is 6.02. The molecule has 0 aromatic rings. The van der Waals surface area contributed by atoms with Gasteiger partial charge in [-0.25, -0.2) is 0 Å². The Balaban J connectivity index is 1.99. The van der Waals surface area contributed by atoms with Gasteiger partial charge < -0.3 is 15.3 Å². The highest BCUT2D eigenvalue weighted by Gasteiger charge is 2.21. The maximum atomic E-state index is 11.3. The first-order valence-electron chi connectivity index (χ1n) is 6.32. The molecule has 2 N–H and O–H groups in total. The fraction of sp³-hybridized carbons (Fsp3) is 0.917. The molecule has 0 saturated carbocycles. The van der Waals surface area contributed by atoms with Crippen molar-refractivity contribution >= 4 is 5.91 Å². The van der Waals surface area contributed by atoms with Crippen LogP contribution in [-0.2, 0) is 4.79 Å². The van der Waals surface area contributed by atoms with Crippen LogP contribution in [0.2, 0.25) is 0 Å². The van der Waals surface area contributed by atoms with E-state index in [1.54, 1.807) is 0 Å². The van der Waals surface area contributed by atoms with Gasteiger partial charge >= 0.3 is 0 Å². The number of rotatable bonds is 7. The third-order valence-corrected chi connectivity index (χ3v) is 3.14. The van der Waals surface area contributed by atoms with Gasteiger partial charge in [-0.1, -0.05) is 12.8 Å². The molecule has 1 amide bonds. The molecule has 0 aliphatic carbocycles. The van der Waals surface area contributed by atoms with Crippen LogP contribution in [0.25, 0.3) is 0 Å². The fourth-order valence-electron chi connectivity index (χ4n) is 2.08. The number of amides is 1. The van der Waals surface area contributed by atoms with Crippen LogP contribution in [0.15, 0.2) is 0 Å². The molecular weight excluding hydrogens is 204 g/mol. The maximum absolute atomic E-state index is 11.3. The van der Waals surface area contributed by atoms with E-state index in [-0.39, 0.29) is 5.91 Å². The quantitative estimate of drug-likeness (QED) is 0.632. The van der Waals surface area contributed by atoms with Crippen LogP contribution in [0.3, 0.4) is 0 Å². The van der Waals surface area contributed by atoms with Crippen LogP contribution in [-0.4, -0.2) is 48.7 Å². The molecule has 16 heavy (non-hydrogen) atoms. The molecular formula is C12H24N2O2. The number of hydrogen-bond donors (Lipinski definition) is 2. The summed E-state index contributed by atoms with van der Waals surface area (Å²) >= 11 is 0. The van der Waals surface area contributed by atoms with Crippen LogP contribution in [0.5, 0.6) is 0 Å². The van der Waals surface area contributed by atoms with E-state index < -0.39 is 0 Å². The summed E-state index contributed by atoms with van der Waals surface area (Å²) in [5.74, 6) is 0.265. The van der Waals surface area contributed by atoms with Gasteiger partial charge in [-0.2, -0.15) is 0 Å². The van der Waals surface area contributed by atoms with Crippen LogP contribution >= 0.6 is 0 Å². The maximum Gasteiger partial charge on any atom is 0.222 e. The van der Waals surface area contributed by atoms with Crippen LogP contribution in [0.1, 0.15) is 38.5 Å². The van der Waals surface area contributed by atoms with E-state index in [9.17, 15) is 4.79 Å². The number of hydrogen-bond acceptors (Lipinski definition) is 3. The van der Waals surface area contributed by atoms with Crippen molar-refractivity contribution in [1.82, 2.24) is 10.2 Å². The molecule has 1 rings (SSSR count). The second-order valence-corrected chi connectivity index (χ2v) is 4.60. The molecule has 0 spiro atoms. The number of likely N-dealkylation sites (tertiary alicyclic amines) is 1. The SMILES string of the molecule is CN1CC(NCCCCCCO)CCC1=O. The molecule has 1 saturated heterocycles. The lowest BCUT2D eigenvalue weighted by Gasteiger charge is -2.30. The zero-order valence-electron chi connectivity index (χ0n) is 10.2. The predicted molar refractivity (Wildman–Crippen MR) is 64.2 cm³/mol. The lowest BCUT2D eigenvalue weighted by Crippen LogP contribution is -2.46. The van der Waals surface area contributed by atoms with Gasteiger partial charge in [0.05, 0.1) is 0 Å². The third-order valence-electron chi connectivity index (χ3n) is 3.14. The minimum absolute atomic E-state index is 0.265. The van der Waals surface area contributed by atoms with E-state index >= 15 is 0 Å². The highest BCUT2D eigenvalue weighted by molar-refractivity contribution is 5.76. The summed E-state index contributed by atoms with van der Waals surface area (Å²) in [6, 6.07) is 0.473. The summed E-state index contributed by atoms with van der Waals surface area (Å²) in [5.41, 5.74) is 0. The largest absolute Gasteiger partial charge is 0.396 e. The van der Waals surface area contributed by atoms with Gasteiger partial charge in [0.1, 0.15) is 0 Å². The second kappa shape index (κ2) is 7.63. The van der Waals surface area contributed by atoms with E-state index in [1.165, 1.54) is 6.42 Å². The summed E-state index contributed by atoms with van der Waals surface area (Å²) in [5, 5.41) is 12.1. The van der Waals surface area contributed by atoms with Crippen molar-refractivity contribution in [3.05, 3.63) is 0 Å². The van der Waals surface area contributed by atoms with Crippen molar-refractivity contribution < 1.29 is 9.90 Å². The Morgan fingerprint density at radius 3 is 2.81 bits per heavy atom. The number of aliphatic hydroxyl groups is 1. The molecule has 1 aliphatic rings. The first-order chi connectivity index (χ1) is 7.74. The summed E-state index contributed by atoms with van der Waals surface area (Å²) < 4.78 is 0. The number of unbranched alkanes of at least 4 members (excludes halogenated alkanes) is 3. The minimum Gasteiger partial charge on any atom is -0.396 e. The van der Waals surface area contributed by atoms with Crippen molar-refractivity contribution in [1.29, 1.82) is 0 Å². The normalized spacial score (nSPS) is 21.5. The Morgan fingerprint density at radius 2 is 2.12 bits per heavy atom. The Bertz CT molecular complexity index is 209. The molecule has 1 aliphatic heterocycles. The zero-order chi connectivity index (χ0) is 11.8. The molecule has 1 unspecified atom stereocenters. The van der Waals surface area contributed by atoms with E-state index in [0.717, 1.165) is 38.8 Å². The highest BCUT2D eigenvalue weighted by Crippen LogP contribution is 2.09. The Kier molecular flexibility index (Phi) is 6.42. The Hall–Kier alpha value is -0.610. The topological polar surface area (TPSA) is 52.6 Å². The summed E-state index contributed by atoms with van der Waals surface area (Å²) in [7, 11) is 1.87. The molecule has 1 atom stereocenters. The van der Waals surface area contributed by atoms with E-state index in [0.29, 0.717) is 19.1 Å². The summed E-state index contributed by atoms with van der Waals surface area (Å²) in [6.45, 7) is 2.18. The number of aliphatic hydroxyl groups excluding tert-OH is 1.